The van der Waals surface area contributed by atoms with E-state index < -0.39 is 10.9 Å². The average molecular weight is 256 g/mol. The number of hydrogen-bond acceptors (Lipinski definition) is 4. The van der Waals surface area contributed by atoms with Crippen LogP contribution in [0, 0.1) is 10.1 Å². The molecule has 1 aromatic carbocycles. The summed E-state index contributed by atoms with van der Waals surface area (Å²) < 4.78 is 4.53. The Morgan fingerprint density at radius 2 is 2.18 bits per heavy atom. The largest absolute Gasteiger partial charge is 0.465 e. The van der Waals surface area contributed by atoms with E-state index in [2.05, 4.69) is 4.74 Å². The quantitative estimate of drug-likeness (QED) is 0.473. The lowest BCUT2D eigenvalue weighted by Crippen LogP contribution is -2.01. The first-order valence-corrected chi connectivity index (χ1v) is 5.04. The van der Waals surface area contributed by atoms with Crippen molar-refractivity contribution in [1.29, 1.82) is 0 Å². The van der Waals surface area contributed by atoms with E-state index in [9.17, 15) is 14.9 Å². The number of carbonyl (C=O) groups is 1. The third kappa shape index (κ3) is 3.29. The molecule has 0 amide bonds. The number of methoxy groups -OCH3 is 1. The number of rotatable bonds is 3. The van der Waals surface area contributed by atoms with Crippen molar-refractivity contribution in [2.24, 2.45) is 0 Å². The molecule has 0 radical (unpaired) electrons. The molecule has 6 heteroatoms. The Kier molecular flexibility index (Phi) is 4.23. The summed E-state index contributed by atoms with van der Waals surface area (Å²) in [5, 5.41) is 10.7. The maximum absolute atomic E-state index is 11.2. The van der Waals surface area contributed by atoms with Crippen molar-refractivity contribution < 1.29 is 14.5 Å². The monoisotopic (exact) mass is 255 g/mol. The second kappa shape index (κ2) is 5.45. The van der Waals surface area contributed by atoms with Crippen LogP contribution in [-0.4, -0.2) is 18.0 Å². The van der Waals surface area contributed by atoms with Crippen molar-refractivity contribution >= 4 is 23.6 Å². The average Bonchev–Trinajstić information content (AvgIpc) is 2.30. The summed E-state index contributed by atoms with van der Waals surface area (Å²) in [6.07, 6.45) is 1.34. The number of hydrogen-bond donors (Lipinski definition) is 0. The SMILES string of the molecule is COC(=O)c1ccc(C=C(C)[N+](=O)[O-])c(Cl)c1. The fourth-order valence-corrected chi connectivity index (χ4v) is 1.40. The number of ether oxygens (including phenoxy) is 1. The molecule has 0 fully saturated rings. The van der Waals surface area contributed by atoms with Crippen LogP contribution in [0.4, 0.5) is 0 Å². The van der Waals surface area contributed by atoms with Crippen LogP contribution in [0.3, 0.4) is 0 Å². The highest BCUT2D eigenvalue weighted by Gasteiger charge is 2.09. The van der Waals surface area contributed by atoms with Gasteiger partial charge in [-0.1, -0.05) is 17.7 Å². The van der Waals surface area contributed by atoms with E-state index in [0.717, 1.165) is 0 Å². The molecule has 1 aromatic rings. The summed E-state index contributed by atoms with van der Waals surface area (Å²) in [6, 6.07) is 4.44. The predicted molar refractivity (Wildman–Crippen MR) is 63.4 cm³/mol. The molecule has 0 saturated heterocycles. The van der Waals surface area contributed by atoms with E-state index in [1.54, 1.807) is 0 Å². The topological polar surface area (TPSA) is 69.4 Å². The lowest BCUT2D eigenvalue weighted by molar-refractivity contribution is -0.422. The first-order chi connectivity index (χ1) is 7.95. The molecule has 5 nitrogen and oxygen atoms in total. The van der Waals surface area contributed by atoms with Crippen molar-refractivity contribution in [3.63, 3.8) is 0 Å². The molecule has 0 aliphatic heterocycles. The van der Waals surface area contributed by atoms with E-state index >= 15 is 0 Å². The third-order valence-electron chi connectivity index (χ3n) is 2.07. The van der Waals surface area contributed by atoms with Crippen molar-refractivity contribution in [2.75, 3.05) is 7.11 Å². The van der Waals surface area contributed by atoms with Gasteiger partial charge in [0, 0.05) is 18.0 Å². The zero-order chi connectivity index (χ0) is 13.0. The highest BCUT2D eigenvalue weighted by atomic mass is 35.5. The summed E-state index contributed by atoms with van der Waals surface area (Å²) in [6.45, 7) is 1.37. The number of carbonyl (C=O) groups excluding carboxylic acids is 1. The van der Waals surface area contributed by atoms with E-state index in [0.29, 0.717) is 11.1 Å². The Bertz CT molecular complexity index is 496. The second-order valence-corrected chi connectivity index (χ2v) is 3.68. The Labute approximate surface area is 103 Å². The van der Waals surface area contributed by atoms with E-state index in [1.807, 2.05) is 0 Å². The maximum Gasteiger partial charge on any atom is 0.337 e. The number of esters is 1. The van der Waals surface area contributed by atoms with Crippen molar-refractivity contribution in [2.45, 2.75) is 6.92 Å². The minimum atomic E-state index is -0.509. The highest BCUT2D eigenvalue weighted by molar-refractivity contribution is 6.32. The fourth-order valence-electron chi connectivity index (χ4n) is 1.17. The van der Waals surface area contributed by atoms with Gasteiger partial charge in [-0.3, -0.25) is 10.1 Å². The lowest BCUT2D eigenvalue weighted by Gasteiger charge is -2.02. The standard InChI is InChI=1S/C11H10ClNO4/c1-7(13(15)16)5-8-3-4-9(6-10(8)12)11(14)17-2/h3-6H,1-2H3. The highest BCUT2D eigenvalue weighted by Crippen LogP contribution is 2.21. The normalized spacial score (nSPS) is 11.1. The number of benzene rings is 1. The van der Waals surface area contributed by atoms with Gasteiger partial charge in [-0.25, -0.2) is 4.79 Å². The van der Waals surface area contributed by atoms with Crippen LogP contribution in [0.2, 0.25) is 5.02 Å². The maximum atomic E-state index is 11.2. The first-order valence-electron chi connectivity index (χ1n) is 4.66. The summed E-state index contributed by atoms with van der Waals surface area (Å²) in [5.74, 6) is -0.506. The minimum Gasteiger partial charge on any atom is -0.465 e. The summed E-state index contributed by atoms with van der Waals surface area (Å²) in [7, 11) is 1.26. The van der Waals surface area contributed by atoms with E-state index in [-0.39, 0.29) is 10.7 Å². The summed E-state index contributed by atoms with van der Waals surface area (Å²) >= 11 is 5.90. The van der Waals surface area contributed by atoms with Gasteiger partial charge in [0.1, 0.15) is 0 Å². The van der Waals surface area contributed by atoms with E-state index in [4.69, 9.17) is 11.6 Å². The van der Waals surface area contributed by atoms with Crippen molar-refractivity contribution in [1.82, 2.24) is 0 Å². The zero-order valence-electron chi connectivity index (χ0n) is 9.27. The molecule has 0 spiro atoms. The Morgan fingerprint density at radius 1 is 1.53 bits per heavy atom. The molecule has 0 bridgehead atoms. The summed E-state index contributed by atoms with van der Waals surface area (Å²) in [5.41, 5.74) is 0.750. The molecule has 90 valence electrons. The molecule has 0 saturated carbocycles. The minimum absolute atomic E-state index is 0.0299. The molecule has 0 unspecified atom stereocenters. The van der Waals surface area contributed by atoms with E-state index in [1.165, 1.54) is 38.3 Å². The number of nitro groups is 1. The number of halogens is 1. The second-order valence-electron chi connectivity index (χ2n) is 3.27. The smallest absolute Gasteiger partial charge is 0.337 e. The van der Waals surface area contributed by atoms with Gasteiger partial charge in [0.05, 0.1) is 17.6 Å². The van der Waals surface area contributed by atoms with Gasteiger partial charge < -0.3 is 4.74 Å². The van der Waals surface area contributed by atoms with Gasteiger partial charge in [-0.05, 0) is 17.7 Å². The molecular formula is C11H10ClNO4. The lowest BCUT2D eigenvalue weighted by atomic mass is 10.1. The van der Waals surface area contributed by atoms with Gasteiger partial charge in [0.25, 0.3) is 0 Å². The van der Waals surface area contributed by atoms with Crippen LogP contribution >= 0.6 is 11.6 Å². The fraction of sp³-hybridized carbons (Fsp3) is 0.182. The van der Waals surface area contributed by atoms with Crippen molar-refractivity contribution in [3.05, 3.63) is 50.2 Å². The summed E-state index contributed by atoms with van der Waals surface area (Å²) in [4.78, 5) is 21.1. The molecular weight excluding hydrogens is 246 g/mol. The van der Waals surface area contributed by atoms with Gasteiger partial charge in [0.2, 0.25) is 5.70 Å². The van der Waals surface area contributed by atoms with Crippen LogP contribution in [0.1, 0.15) is 22.8 Å². The molecule has 0 aromatic heterocycles. The molecule has 0 aliphatic rings. The molecule has 0 atom stereocenters. The van der Waals surface area contributed by atoms with Crippen LogP contribution in [0.15, 0.2) is 23.9 Å². The Hall–Kier alpha value is -1.88. The zero-order valence-corrected chi connectivity index (χ0v) is 10.0. The van der Waals surface area contributed by atoms with Gasteiger partial charge in [0.15, 0.2) is 0 Å². The van der Waals surface area contributed by atoms with Crippen LogP contribution in [0.5, 0.6) is 0 Å². The van der Waals surface area contributed by atoms with Gasteiger partial charge >= 0.3 is 5.97 Å². The molecule has 1 rings (SSSR count). The predicted octanol–water partition coefficient (Wildman–Crippen LogP) is 2.76. The van der Waals surface area contributed by atoms with Crippen LogP contribution in [-0.2, 0) is 4.74 Å². The molecule has 0 aliphatic carbocycles. The third-order valence-corrected chi connectivity index (χ3v) is 2.40. The Morgan fingerprint density at radius 3 is 2.65 bits per heavy atom. The van der Waals surface area contributed by atoms with Gasteiger partial charge in [-0.15, -0.1) is 0 Å². The molecule has 0 heterocycles. The number of nitrogens with zero attached hydrogens (tertiary/aromatic N) is 1. The molecule has 17 heavy (non-hydrogen) atoms. The van der Waals surface area contributed by atoms with Gasteiger partial charge in [-0.2, -0.15) is 0 Å². The van der Waals surface area contributed by atoms with Crippen LogP contribution in [0.25, 0.3) is 6.08 Å². The van der Waals surface area contributed by atoms with Crippen LogP contribution < -0.4 is 0 Å². The molecule has 0 N–H and O–H groups in total. The Balaban J connectivity index is 3.10. The number of allylic oxidation sites excluding steroid dienone is 1. The van der Waals surface area contributed by atoms with Crippen molar-refractivity contribution in [3.8, 4) is 0 Å². The first kappa shape index (κ1) is 13.2.